The van der Waals surface area contributed by atoms with Crippen molar-refractivity contribution in [1.29, 1.82) is 0 Å². The molecule has 1 unspecified atom stereocenters. The van der Waals surface area contributed by atoms with Crippen LogP contribution in [0.2, 0.25) is 0 Å². The molecule has 0 radical (unpaired) electrons. The Labute approximate surface area is 109 Å². The topological polar surface area (TPSA) is 46.3 Å². The average Bonchev–Trinajstić information content (AvgIpc) is 2.52. The Morgan fingerprint density at radius 2 is 2.12 bits per heavy atom. The van der Waals surface area contributed by atoms with Crippen LogP contribution in [0.25, 0.3) is 0 Å². The molecule has 1 amide bonds. The molecular formula is C13H26N2OS. The number of carbonyl (C=O) groups is 1. The second kappa shape index (κ2) is 7.27. The molecule has 2 atom stereocenters. The second-order valence-corrected chi connectivity index (χ2v) is 6.49. The van der Waals surface area contributed by atoms with E-state index >= 15 is 0 Å². The average molecular weight is 258 g/mol. The molecule has 0 saturated carbocycles. The van der Waals surface area contributed by atoms with E-state index in [1.807, 2.05) is 16.7 Å². The van der Waals surface area contributed by atoms with E-state index < -0.39 is 0 Å². The summed E-state index contributed by atoms with van der Waals surface area (Å²) < 4.78 is 0. The van der Waals surface area contributed by atoms with Crippen molar-refractivity contribution >= 4 is 17.7 Å². The minimum atomic E-state index is -0.305. The summed E-state index contributed by atoms with van der Waals surface area (Å²) in [5, 5.41) is 0.717. The first-order valence-electron chi connectivity index (χ1n) is 6.61. The molecule has 0 aromatic heterocycles. The zero-order chi connectivity index (χ0) is 12.8. The molecule has 1 aliphatic heterocycles. The van der Waals surface area contributed by atoms with Gasteiger partial charge < -0.3 is 10.6 Å². The summed E-state index contributed by atoms with van der Waals surface area (Å²) in [6.45, 7) is 6.00. The molecular weight excluding hydrogens is 232 g/mol. The maximum Gasteiger partial charge on any atom is 0.239 e. The van der Waals surface area contributed by atoms with Crippen LogP contribution in [0, 0.1) is 5.92 Å². The van der Waals surface area contributed by atoms with Gasteiger partial charge in [-0.2, -0.15) is 11.8 Å². The standard InChI is InChI=1S/C13H26N2OS/c1-10(2)9-12(14)13(16)15-7-4-5-11(17-3)6-8-15/h10-12H,4-9,14H2,1-3H3/t11?,12-/m1/s1. The van der Waals surface area contributed by atoms with Crippen molar-refractivity contribution in [3.05, 3.63) is 0 Å². The first-order valence-corrected chi connectivity index (χ1v) is 7.90. The summed E-state index contributed by atoms with van der Waals surface area (Å²) in [7, 11) is 0. The van der Waals surface area contributed by atoms with Gasteiger partial charge in [0.1, 0.15) is 0 Å². The number of rotatable bonds is 4. The van der Waals surface area contributed by atoms with Crippen LogP contribution in [-0.4, -0.2) is 41.4 Å². The molecule has 1 fully saturated rings. The van der Waals surface area contributed by atoms with Gasteiger partial charge in [0.25, 0.3) is 0 Å². The van der Waals surface area contributed by atoms with Crippen molar-refractivity contribution in [2.45, 2.75) is 50.8 Å². The number of hydrogen-bond acceptors (Lipinski definition) is 3. The summed E-state index contributed by atoms with van der Waals surface area (Å²) in [6.07, 6.45) is 6.41. The van der Waals surface area contributed by atoms with Gasteiger partial charge in [0.05, 0.1) is 6.04 Å². The molecule has 1 aliphatic rings. The van der Waals surface area contributed by atoms with Crippen molar-refractivity contribution in [2.24, 2.45) is 11.7 Å². The fourth-order valence-corrected chi connectivity index (χ4v) is 3.11. The van der Waals surface area contributed by atoms with Crippen LogP contribution in [0.3, 0.4) is 0 Å². The second-order valence-electron chi connectivity index (χ2n) is 5.35. The monoisotopic (exact) mass is 258 g/mol. The third-order valence-electron chi connectivity index (χ3n) is 3.36. The number of hydrogen-bond donors (Lipinski definition) is 1. The third kappa shape index (κ3) is 4.88. The summed E-state index contributed by atoms with van der Waals surface area (Å²) in [4.78, 5) is 14.2. The van der Waals surface area contributed by atoms with Crippen molar-refractivity contribution < 1.29 is 4.79 Å². The van der Waals surface area contributed by atoms with Crippen LogP contribution in [0.1, 0.15) is 39.5 Å². The van der Waals surface area contributed by atoms with E-state index in [9.17, 15) is 4.79 Å². The first-order chi connectivity index (χ1) is 8.04. The van der Waals surface area contributed by atoms with E-state index in [4.69, 9.17) is 5.73 Å². The van der Waals surface area contributed by atoms with Crippen molar-refractivity contribution in [2.75, 3.05) is 19.3 Å². The highest BCUT2D eigenvalue weighted by Crippen LogP contribution is 2.21. The van der Waals surface area contributed by atoms with Gasteiger partial charge in [0.2, 0.25) is 5.91 Å². The van der Waals surface area contributed by atoms with Gasteiger partial charge in [-0.1, -0.05) is 13.8 Å². The Hall–Kier alpha value is -0.220. The fourth-order valence-electron chi connectivity index (χ4n) is 2.37. The van der Waals surface area contributed by atoms with Crippen molar-refractivity contribution in [3.8, 4) is 0 Å². The lowest BCUT2D eigenvalue weighted by Crippen LogP contribution is -2.44. The predicted octanol–water partition coefficient (Wildman–Crippen LogP) is 2.10. The minimum absolute atomic E-state index is 0.153. The Kier molecular flexibility index (Phi) is 6.34. The molecule has 0 bridgehead atoms. The van der Waals surface area contributed by atoms with Crippen molar-refractivity contribution in [1.82, 2.24) is 4.90 Å². The van der Waals surface area contributed by atoms with E-state index in [0.717, 1.165) is 32.4 Å². The molecule has 2 N–H and O–H groups in total. The van der Waals surface area contributed by atoms with E-state index in [-0.39, 0.29) is 11.9 Å². The molecule has 1 rings (SSSR count). The molecule has 17 heavy (non-hydrogen) atoms. The first kappa shape index (κ1) is 14.8. The molecule has 0 aromatic rings. The smallest absolute Gasteiger partial charge is 0.239 e. The highest BCUT2D eigenvalue weighted by atomic mass is 32.2. The number of likely N-dealkylation sites (tertiary alicyclic amines) is 1. The van der Waals surface area contributed by atoms with E-state index in [1.54, 1.807) is 0 Å². The summed E-state index contributed by atoms with van der Waals surface area (Å²) in [5.74, 6) is 0.639. The van der Waals surface area contributed by atoms with E-state index in [1.165, 1.54) is 6.42 Å². The molecule has 0 aliphatic carbocycles. The molecule has 0 spiro atoms. The van der Waals surface area contributed by atoms with Crippen LogP contribution in [0.4, 0.5) is 0 Å². The minimum Gasteiger partial charge on any atom is -0.341 e. The zero-order valence-electron chi connectivity index (χ0n) is 11.3. The van der Waals surface area contributed by atoms with Crippen LogP contribution < -0.4 is 5.73 Å². The summed E-state index contributed by atoms with van der Waals surface area (Å²) >= 11 is 1.92. The molecule has 100 valence electrons. The van der Waals surface area contributed by atoms with Crippen LogP contribution in [-0.2, 0) is 4.79 Å². The van der Waals surface area contributed by atoms with Gasteiger partial charge >= 0.3 is 0 Å². The van der Waals surface area contributed by atoms with Gasteiger partial charge in [-0.3, -0.25) is 4.79 Å². The van der Waals surface area contributed by atoms with Crippen LogP contribution in [0.15, 0.2) is 0 Å². The maximum atomic E-state index is 12.2. The number of carbonyl (C=O) groups excluding carboxylic acids is 1. The number of thioether (sulfide) groups is 1. The van der Waals surface area contributed by atoms with E-state index in [0.29, 0.717) is 11.2 Å². The van der Waals surface area contributed by atoms with Crippen molar-refractivity contribution in [3.63, 3.8) is 0 Å². The Morgan fingerprint density at radius 3 is 2.71 bits per heavy atom. The number of amides is 1. The molecule has 4 heteroatoms. The lowest BCUT2D eigenvalue weighted by molar-refractivity contribution is -0.132. The molecule has 3 nitrogen and oxygen atoms in total. The van der Waals surface area contributed by atoms with Gasteiger partial charge in [-0.05, 0) is 37.9 Å². The molecule has 1 heterocycles. The van der Waals surface area contributed by atoms with Crippen LogP contribution >= 0.6 is 11.8 Å². The summed E-state index contributed by atoms with van der Waals surface area (Å²) in [6, 6.07) is -0.305. The number of nitrogens with zero attached hydrogens (tertiary/aromatic N) is 1. The quantitative estimate of drug-likeness (QED) is 0.840. The third-order valence-corrected chi connectivity index (χ3v) is 4.50. The fraction of sp³-hybridized carbons (Fsp3) is 0.923. The predicted molar refractivity (Wildman–Crippen MR) is 75.2 cm³/mol. The SMILES string of the molecule is CSC1CCCN(C(=O)[C@H](N)CC(C)C)CC1. The number of nitrogens with two attached hydrogens (primary N) is 1. The normalized spacial score (nSPS) is 23.6. The Balaban J connectivity index is 2.46. The van der Waals surface area contributed by atoms with Gasteiger partial charge in [-0.15, -0.1) is 0 Å². The maximum absolute atomic E-state index is 12.2. The van der Waals surface area contributed by atoms with Gasteiger partial charge in [-0.25, -0.2) is 0 Å². The molecule has 0 aromatic carbocycles. The Morgan fingerprint density at radius 1 is 1.41 bits per heavy atom. The van der Waals surface area contributed by atoms with Gasteiger partial charge in [0.15, 0.2) is 0 Å². The largest absolute Gasteiger partial charge is 0.341 e. The van der Waals surface area contributed by atoms with Gasteiger partial charge in [0, 0.05) is 18.3 Å². The lowest BCUT2D eigenvalue weighted by atomic mass is 10.0. The lowest BCUT2D eigenvalue weighted by Gasteiger charge is -2.25. The van der Waals surface area contributed by atoms with Crippen LogP contribution in [0.5, 0.6) is 0 Å². The summed E-state index contributed by atoms with van der Waals surface area (Å²) in [5.41, 5.74) is 5.97. The molecule has 1 saturated heterocycles. The highest BCUT2D eigenvalue weighted by Gasteiger charge is 2.24. The Bertz CT molecular complexity index is 246. The highest BCUT2D eigenvalue weighted by molar-refractivity contribution is 7.99. The van der Waals surface area contributed by atoms with E-state index in [2.05, 4.69) is 20.1 Å². The zero-order valence-corrected chi connectivity index (χ0v) is 12.1.